The van der Waals surface area contributed by atoms with Gasteiger partial charge in [-0.05, 0) is 38.5 Å². The zero-order valence-electron chi connectivity index (χ0n) is 33.1. The van der Waals surface area contributed by atoms with Crippen molar-refractivity contribution >= 4 is 19.8 Å². The number of unbranched alkanes of at least 4 members (excludes halogenated alkanes) is 25. The maximum atomic E-state index is 12.6. The summed E-state index contributed by atoms with van der Waals surface area (Å²) in [6.45, 7) is 3.74. The number of nitrogens with two attached hydrogens (primary N) is 1. The summed E-state index contributed by atoms with van der Waals surface area (Å²) in [5.41, 5.74) is 5.34. The molecular weight excluding hydrogens is 665 g/mol. The largest absolute Gasteiger partial charge is 0.472 e. The highest BCUT2D eigenvalue weighted by Gasteiger charge is 2.26. The monoisotopic (exact) mass is 746 g/mol. The molecule has 0 amide bonds. The molecule has 2 atom stereocenters. The third-order valence-electron chi connectivity index (χ3n) is 9.15. The molecule has 3 N–H and O–H groups in total. The summed E-state index contributed by atoms with van der Waals surface area (Å²) in [6, 6.07) is 0. The zero-order valence-corrected chi connectivity index (χ0v) is 34.0. The molecule has 0 aliphatic heterocycles. The van der Waals surface area contributed by atoms with Crippen LogP contribution in [0, 0.1) is 0 Å². The van der Waals surface area contributed by atoms with Crippen LogP contribution in [0.2, 0.25) is 0 Å². The Balaban J connectivity index is 4.14. The van der Waals surface area contributed by atoms with E-state index in [-0.39, 0.29) is 38.6 Å². The van der Waals surface area contributed by atoms with E-state index in [9.17, 15) is 19.0 Å². The lowest BCUT2D eigenvalue weighted by molar-refractivity contribution is -0.161. The number of carbonyl (C=O) groups is 2. The first-order valence-corrected chi connectivity index (χ1v) is 22.7. The lowest BCUT2D eigenvalue weighted by Crippen LogP contribution is -2.29. The lowest BCUT2D eigenvalue weighted by Gasteiger charge is -2.19. The molecule has 1 unspecified atom stereocenters. The summed E-state index contributed by atoms with van der Waals surface area (Å²) in [6.07, 6.45) is 38.0. The Bertz CT molecular complexity index is 856. The van der Waals surface area contributed by atoms with E-state index < -0.39 is 26.5 Å². The Kier molecular flexibility index (Phi) is 37.5. The molecular formula is C41H80NO8P. The standard InChI is InChI=1S/C41H80NO8P/c1-3-5-7-9-11-13-15-17-19-21-23-25-27-29-31-33-40(43)47-37-39(38-49-51(45,46)48-36-35-42)50-41(44)34-32-30-28-26-24-22-20-18-16-14-12-10-8-6-4-2/h14,16,39H,3-13,15,17-38,42H2,1-2H3,(H,45,46)/t39-/m1/s1. The van der Waals surface area contributed by atoms with E-state index in [0.717, 1.165) is 44.9 Å². The Hall–Kier alpha value is -1.25. The van der Waals surface area contributed by atoms with Gasteiger partial charge in [-0.15, -0.1) is 0 Å². The molecule has 0 spiro atoms. The Morgan fingerprint density at radius 2 is 0.961 bits per heavy atom. The van der Waals surface area contributed by atoms with Crippen LogP contribution in [-0.4, -0.2) is 49.3 Å². The van der Waals surface area contributed by atoms with Crippen LogP contribution in [0.15, 0.2) is 12.2 Å². The summed E-state index contributed by atoms with van der Waals surface area (Å²) in [7, 11) is -4.37. The van der Waals surface area contributed by atoms with Gasteiger partial charge in [-0.2, -0.15) is 0 Å². The Labute approximate surface area is 313 Å². The van der Waals surface area contributed by atoms with Crippen molar-refractivity contribution in [2.75, 3.05) is 26.4 Å². The third-order valence-corrected chi connectivity index (χ3v) is 10.1. The molecule has 0 fully saturated rings. The fourth-order valence-corrected chi connectivity index (χ4v) is 6.75. The van der Waals surface area contributed by atoms with Gasteiger partial charge in [0.1, 0.15) is 6.61 Å². The number of rotatable bonds is 40. The van der Waals surface area contributed by atoms with Crippen molar-refractivity contribution in [1.29, 1.82) is 0 Å². The van der Waals surface area contributed by atoms with Gasteiger partial charge < -0.3 is 20.1 Å². The van der Waals surface area contributed by atoms with Crippen LogP contribution < -0.4 is 5.73 Å². The van der Waals surface area contributed by atoms with E-state index >= 15 is 0 Å². The quantitative estimate of drug-likeness (QED) is 0.0272. The molecule has 9 nitrogen and oxygen atoms in total. The maximum Gasteiger partial charge on any atom is 0.472 e. The van der Waals surface area contributed by atoms with Crippen molar-refractivity contribution in [3.05, 3.63) is 12.2 Å². The summed E-state index contributed by atoms with van der Waals surface area (Å²) in [4.78, 5) is 34.8. The average molecular weight is 746 g/mol. The predicted molar refractivity (Wildman–Crippen MR) is 211 cm³/mol. The molecule has 0 aromatic heterocycles. The van der Waals surface area contributed by atoms with Crippen molar-refractivity contribution in [2.24, 2.45) is 5.73 Å². The first-order chi connectivity index (χ1) is 24.8. The van der Waals surface area contributed by atoms with Crippen molar-refractivity contribution in [3.8, 4) is 0 Å². The van der Waals surface area contributed by atoms with Crippen molar-refractivity contribution in [1.82, 2.24) is 0 Å². The molecule has 10 heteroatoms. The summed E-state index contributed by atoms with van der Waals surface area (Å²) in [5, 5.41) is 0. The fourth-order valence-electron chi connectivity index (χ4n) is 5.98. The second kappa shape index (κ2) is 38.5. The molecule has 0 bridgehead atoms. The van der Waals surface area contributed by atoms with Gasteiger partial charge in [-0.1, -0.05) is 167 Å². The van der Waals surface area contributed by atoms with Crippen molar-refractivity contribution < 1.29 is 37.6 Å². The van der Waals surface area contributed by atoms with E-state index in [0.29, 0.717) is 6.42 Å². The smallest absolute Gasteiger partial charge is 0.462 e. The zero-order chi connectivity index (χ0) is 37.5. The van der Waals surface area contributed by atoms with Crippen LogP contribution in [0.1, 0.15) is 206 Å². The van der Waals surface area contributed by atoms with Crippen LogP contribution in [0.4, 0.5) is 0 Å². The van der Waals surface area contributed by atoms with Gasteiger partial charge in [0, 0.05) is 19.4 Å². The van der Waals surface area contributed by atoms with Crippen LogP contribution >= 0.6 is 7.82 Å². The number of allylic oxidation sites excluding steroid dienone is 2. The molecule has 302 valence electrons. The highest BCUT2D eigenvalue weighted by atomic mass is 31.2. The SMILES string of the molecule is CCCCCCC=CCCCCCCCCCC(=O)O[C@H](COC(=O)CCCCCCCCCCCCCCCCC)COP(=O)(O)OCCN. The van der Waals surface area contributed by atoms with Crippen molar-refractivity contribution in [2.45, 2.75) is 213 Å². The Morgan fingerprint density at radius 3 is 1.41 bits per heavy atom. The minimum Gasteiger partial charge on any atom is -0.462 e. The minimum absolute atomic E-state index is 0.0554. The minimum atomic E-state index is -4.37. The third kappa shape index (κ3) is 38.3. The van der Waals surface area contributed by atoms with Crippen molar-refractivity contribution in [3.63, 3.8) is 0 Å². The van der Waals surface area contributed by atoms with Gasteiger partial charge in [-0.25, -0.2) is 4.57 Å². The van der Waals surface area contributed by atoms with E-state index in [1.165, 1.54) is 128 Å². The van der Waals surface area contributed by atoms with Gasteiger partial charge in [0.25, 0.3) is 0 Å². The van der Waals surface area contributed by atoms with Gasteiger partial charge in [0.2, 0.25) is 0 Å². The first-order valence-electron chi connectivity index (χ1n) is 21.2. The van der Waals surface area contributed by atoms with Crippen LogP contribution in [-0.2, 0) is 32.7 Å². The molecule has 0 aliphatic carbocycles. The molecule has 0 saturated carbocycles. The highest BCUT2D eigenvalue weighted by Crippen LogP contribution is 2.43. The van der Waals surface area contributed by atoms with Gasteiger partial charge in [0.15, 0.2) is 6.10 Å². The number of phosphoric acid groups is 1. The molecule has 0 aromatic rings. The van der Waals surface area contributed by atoms with Gasteiger partial charge >= 0.3 is 19.8 Å². The number of carbonyl (C=O) groups excluding carboxylic acids is 2. The molecule has 0 rings (SSSR count). The number of esters is 2. The lowest BCUT2D eigenvalue weighted by atomic mass is 10.0. The number of phosphoric ester groups is 1. The molecule has 51 heavy (non-hydrogen) atoms. The van der Waals surface area contributed by atoms with Crippen LogP contribution in [0.5, 0.6) is 0 Å². The maximum absolute atomic E-state index is 12.6. The number of ether oxygens (including phenoxy) is 2. The predicted octanol–water partition coefficient (Wildman–Crippen LogP) is 11.8. The first kappa shape index (κ1) is 49.8. The highest BCUT2D eigenvalue weighted by molar-refractivity contribution is 7.47. The fraction of sp³-hybridized carbons (Fsp3) is 0.902. The molecule has 0 saturated heterocycles. The van der Waals surface area contributed by atoms with E-state index in [1.807, 2.05) is 0 Å². The van der Waals surface area contributed by atoms with Gasteiger partial charge in [0.05, 0.1) is 13.2 Å². The molecule has 0 aliphatic rings. The second-order valence-electron chi connectivity index (χ2n) is 14.2. The molecule has 0 radical (unpaired) electrons. The van der Waals surface area contributed by atoms with E-state index in [4.69, 9.17) is 24.3 Å². The van der Waals surface area contributed by atoms with Crippen LogP contribution in [0.3, 0.4) is 0 Å². The summed E-state index contributed by atoms with van der Waals surface area (Å²) in [5.74, 6) is -0.824. The number of hydrogen-bond donors (Lipinski definition) is 2. The Morgan fingerprint density at radius 1 is 0.569 bits per heavy atom. The molecule has 0 heterocycles. The van der Waals surface area contributed by atoms with Crippen LogP contribution in [0.25, 0.3) is 0 Å². The number of hydrogen-bond acceptors (Lipinski definition) is 8. The summed E-state index contributed by atoms with van der Waals surface area (Å²) >= 11 is 0. The topological polar surface area (TPSA) is 134 Å². The van der Waals surface area contributed by atoms with E-state index in [1.54, 1.807) is 0 Å². The van der Waals surface area contributed by atoms with Gasteiger partial charge in [-0.3, -0.25) is 18.6 Å². The normalized spacial score (nSPS) is 13.4. The molecule has 0 aromatic carbocycles. The van der Waals surface area contributed by atoms with E-state index in [2.05, 4.69) is 26.0 Å². The average Bonchev–Trinajstić information content (AvgIpc) is 3.11. The second-order valence-corrected chi connectivity index (χ2v) is 15.7. The summed E-state index contributed by atoms with van der Waals surface area (Å²) < 4.78 is 32.7.